The number of amides is 1. The number of thiocarbonyl (C=S) groups is 1. The van der Waals surface area contributed by atoms with E-state index in [0.717, 1.165) is 5.69 Å². The molecule has 2 N–H and O–H groups in total. The van der Waals surface area contributed by atoms with Gasteiger partial charge in [-0.05, 0) is 54.7 Å². The van der Waals surface area contributed by atoms with Gasteiger partial charge in [0.05, 0.1) is 18.2 Å². The van der Waals surface area contributed by atoms with Crippen LogP contribution in [0.4, 0.5) is 15.8 Å². The molecule has 5 nitrogen and oxygen atoms in total. The first-order valence-electron chi connectivity index (χ1n) is 8.03. The van der Waals surface area contributed by atoms with E-state index in [1.165, 1.54) is 12.1 Å². The van der Waals surface area contributed by atoms with Gasteiger partial charge in [0.1, 0.15) is 5.82 Å². The Labute approximate surface area is 161 Å². The first kappa shape index (κ1) is 18.6. The van der Waals surface area contributed by atoms with Gasteiger partial charge in [0, 0.05) is 30.0 Å². The highest BCUT2D eigenvalue weighted by molar-refractivity contribution is 7.80. The molecule has 8 heteroatoms. The monoisotopic (exact) mass is 393 g/mol. The highest BCUT2D eigenvalue weighted by Crippen LogP contribution is 2.20. The molecule has 2 aromatic rings. The molecule has 0 saturated carbocycles. The summed E-state index contributed by atoms with van der Waals surface area (Å²) in [6.07, 6.45) is 0. The summed E-state index contributed by atoms with van der Waals surface area (Å²) < 4.78 is 18.4. The Morgan fingerprint density at radius 3 is 2.35 bits per heavy atom. The van der Waals surface area contributed by atoms with Gasteiger partial charge in [-0.25, -0.2) is 4.39 Å². The molecule has 1 fully saturated rings. The van der Waals surface area contributed by atoms with Crippen molar-refractivity contribution in [2.24, 2.45) is 0 Å². The number of ether oxygens (including phenoxy) is 1. The van der Waals surface area contributed by atoms with E-state index < -0.39 is 5.82 Å². The number of hydrogen-bond donors (Lipinski definition) is 2. The number of nitrogens with one attached hydrogen (secondary N) is 2. The molecule has 0 radical (unpaired) electrons. The van der Waals surface area contributed by atoms with E-state index >= 15 is 0 Å². The van der Waals surface area contributed by atoms with Crippen molar-refractivity contribution in [3.8, 4) is 0 Å². The predicted molar refractivity (Wildman–Crippen MR) is 104 cm³/mol. The van der Waals surface area contributed by atoms with Gasteiger partial charge in [0.15, 0.2) is 5.11 Å². The number of anilines is 2. The smallest absolute Gasteiger partial charge is 0.254 e. The Bertz CT molecular complexity index is 811. The maximum Gasteiger partial charge on any atom is 0.254 e. The van der Waals surface area contributed by atoms with E-state index in [0.29, 0.717) is 42.7 Å². The van der Waals surface area contributed by atoms with Crippen LogP contribution in [0.25, 0.3) is 0 Å². The van der Waals surface area contributed by atoms with Gasteiger partial charge in [-0.3, -0.25) is 4.79 Å². The maximum atomic E-state index is 13.2. The van der Waals surface area contributed by atoms with E-state index in [2.05, 4.69) is 10.6 Å². The summed E-state index contributed by atoms with van der Waals surface area (Å²) >= 11 is 11.0. The third-order valence-corrected chi connectivity index (χ3v) is 4.36. The summed E-state index contributed by atoms with van der Waals surface area (Å²) in [7, 11) is 0. The van der Waals surface area contributed by atoms with Crippen molar-refractivity contribution in [2.45, 2.75) is 0 Å². The second-order valence-corrected chi connectivity index (χ2v) is 6.51. The van der Waals surface area contributed by atoms with Crippen LogP contribution >= 0.6 is 23.8 Å². The molecule has 0 atom stereocenters. The quantitative estimate of drug-likeness (QED) is 0.778. The average Bonchev–Trinajstić information content (AvgIpc) is 2.65. The zero-order chi connectivity index (χ0) is 18.5. The zero-order valence-electron chi connectivity index (χ0n) is 13.8. The van der Waals surface area contributed by atoms with Gasteiger partial charge in [-0.1, -0.05) is 11.6 Å². The molecule has 0 aliphatic carbocycles. The first-order chi connectivity index (χ1) is 12.5. The topological polar surface area (TPSA) is 53.6 Å². The number of carbonyl (C=O) groups is 1. The molecule has 1 aliphatic heterocycles. The summed E-state index contributed by atoms with van der Waals surface area (Å²) in [4.78, 5) is 14.2. The van der Waals surface area contributed by atoms with Crippen molar-refractivity contribution in [3.63, 3.8) is 0 Å². The molecule has 0 spiro atoms. The zero-order valence-corrected chi connectivity index (χ0v) is 15.4. The van der Waals surface area contributed by atoms with Crippen LogP contribution in [-0.2, 0) is 4.74 Å². The van der Waals surface area contributed by atoms with E-state index in [9.17, 15) is 9.18 Å². The van der Waals surface area contributed by atoms with E-state index in [-0.39, 0.29) is 10.9 Å². The van der Waals surface area contributed by atoms with Crippen LogP contribution in [-0.4, -0.2) is 42.2 Å². The molecule has 136 valence electrons. The summed E-state index contributed by atoms with van der Waals surface area (Å²) in [5.41, 5.74) is 1.92. The van der Waals surface area contributed by atoms with Crippen LogP contribution < -0.4 is 10.6 Å². The predicted octanol–water partition coefficient (Wildman–Crippen LogP) is 3.76. The number of halogens is 2. The second kappa shape index (κ2) is 8.44. The fraction of sp³-hybridized carbons (Fsp3) is 0.222. The Balaban J connectivity index is 1.58. The van der Waals surface area contributed by atoms with Crippen LogP contribution in [0.5, 0.6) is 0 Å². The van der Waals surface area contributed by atoms with Gasteiger partial charge in [0.25, 0.3) is 5.91 Å². The van der Waals surface area contributed by atoms with Crippen LogP contribution in [0.15, 0.2) is 42.5 Å². The maximum absolute atomic E-state index is 13.2. The number of rotatable bonds is 3. The molecule has 3 rings (SSSR count). The highest BCUT2D eigenvalue weighted by atomic mass is 35.5. The molecular weight excluding hydrogens is 377 g/mol. The second-order valence-electron chi connectivity index (χ2n) is 5.69. The van der Waals surface area contributed by atoms with Crippen LogP contribution in [0.3, 0.4) is 0 Å². The number of carbonyl (C=O) groups excluding carboxylic acids is 1. The highest BCUT2D eigenvalue weighted by Gasteiger charge is 2.18. The number of morpholine rings is 1. The van der Waals surface area contributed by atoms with Crippen LogP contribution in [0, 0.1) is 5.82 Å². The van der Waals surface area contributed by atoms with Gasteiger partial charge in [0.2, 0.25) is 0 Å². The lowest BCUT2D eigenvalue weighted by molar-refractivity contribution is 0.0303. The Kier molecular flexibility index (Phi) is 6.03. The van der Waals surface area contributed by atoms with Crippen molar-refractivity contribution in [1.82, 2.24) is 4.90 Å². The Morgan fingerprint density at radius 2 is 1.69 bits per heavy atom. The number of nitrogens with zero attached hydrogens (tertiary/aromatic N) is 1. The summed E-state index contributed by atoms with van der Waals surface area (Å²) in [6.45, 7) is 2.34. The lowest BCUT2D eigenvalue weighted by Crippen LogP contribution is -2.40. The molecule has 0 unspecified atom stereocenters. The fourth-order valence-electron chi connectivity index (χ4n) is 2.51. The van der Waals surface area contributed by atoms with Gasteiger partial charge in [-0.15, -0.1) is 0 Å². The van der Waals surface area contributed by atoms with E-state index in [1.807, 2.05) is 0 Å². The third-order valence-electron chi connectivity index (χ3n) is 3.87. The van der Waals surface area contributed by atoms with Crippen molar-refractivity contribution < 1.29 is 13.9 Å². The Hall–Kier alpha value is -2.22. The van der Waals surface area contributed by atoms with Crippen molar-refractivity contribution >= 4 is 46.2 Å². The van der Waals surface area contributed by atoms with Crippen molar-refractivity contribution in [3.05, 3.63) is 58.9 Å². The van der Waals surface area contributed by atoms with E-state index in [4.69, 9.17) is 28.6 Å². The molecular formula is C18H17ClFN3O2S. The minimum absolute atomic E-state index is 0.0125. The summed E-state index contributed by atoms with van der Waals surface area (Å²) in [5.74, 6) is -0.502. The molecule has 1 heterocycles. The summed E-state index contributed by atoms with van der Waals surface area (Å²) in [6, 6.07) is 11.3. The average molecular weight is 394 g/mol. The van der Waals surface area contributed by atoms with Crippen molar-refractivity contribution in [2.75, 3.05) is 36.9 Å². The molecule has 1 saturated heterocycles. The minimum atomic E-state index is -0.489. The van der Waals surface area contributed by atoms with E-state index in [1.54, 1.807) is 35.2 Å². The molecule has 26 heavy (non-hydrogen) atoms. The molecule has 1 aliphatic rings. The van der Waals surface area contributed by atoms with Gasteiger partial charge in [-0.2, -0.15) is 0 Å². The van der Waals surface area contributed by atoms with Crippen LogP contribution in [0.1, 0.15) is 10.4 Å². The SMILES string of the molecule is O=C(c1ccc(NC(=S)Nc2ccc(F)c(Cl)c2)cc1)N1CCOCC1. The lowest BCUT2D eigenvalue weighted by atomic mass is 10.1. The standard InChI is InChI=1S/C18H17ClFN3O2S/c19-15-11-14(5-6-16(15)20)22-18(26)21-13-3-1-12(2-4-13)17(24)23-7-9-25-10-8-23/h1-6,11H,7-10H2,(H2,21,22,26). The Morgan fingerprint density at radius 1 is 1.08 bits per heavy atom. The third kappa shape index (κ3) is 4.69. The first-order valence-corrected chi connectivity index (χ1v) is 8.82. The lowest BCUT2D eigenvalue weighted by Gasteiger charge is -2.26. The molecule has 0 bridgehead atoms. The van der Waals surface area contributed by atoms with Crippen LogP contribution in [0.2, 0.25) is 5.02 Å². The fourth-order valence-corrected chi connectivity index (χ4v) is 2.93. The number of benzene rings is 2. The molecule has 1 amide bonds. The summed E-state index contributed by atoms with van der Waals surface area (Å²) in [5, 5.41) is 6.29. The largest absolute Gasteiger partial charge is 0.378 e. The normalized spacial score (nSPS) is 14.0. The minimum Gasteiger partial charge on any atom is -0.378 e. The van der Waals surface area contributed by atoms with Crippen molar-refractivity contribution in [1.29, 1.82) is 0 Å². The van der Waals surface area contributed by atoms with Gasteiger partial charge < -0.3 is 20.3 Å². The van der Waals surface area contributed by atoms with Gasteiger partial charge >= 0.3 is 0 Å². The molecule has 2 aromatic carbocycles. The molecule has 0 aromatic heterocycles. The number of hydrogen-bond acceptors (Lipinski definition) is 3.